The highest BCUT2D eigenvalue weighted by Crippen LogP contribution is 2.34. The van der Waals surface area contributed by atoms with Crippen LogP contribution in [0.5, 0.6) is 0 Å². The summed E-state index contributed by atoms with van der Waals surface area (Å²) in [4.78, 5) is 17.9. The van der Waals surface area contributed by atoms with Gasteiger partial charge in [0.2, 0.25) is 0 Å². The van der Waals surface area contributed by atoms with E-state index in [0.717, 1.165) is 36.9 Å². The molecule has 140 valence electrons. The third-order valence-electron chi connectivity index (χ3n) is 5.42. The van der Waals surface area contributed by atoms with Gasteiger partial charge >= 0.3 is 0 Å². The van der Waals surface area contributed by atoms with Crippen LogP contribution in [0.4, 0.5) is 5.69 Å². The van der Waals surface area contributed by atoms with Crippen LogP contribution in [-0.2, 0) is 19.4 Å². The van der Waals surface area contributed by atoms with E-state index < -0.39 is 0 Å². The van der Waals surface area contributed by atoms with Crippen LogP contribution in [0.1, 0.15) is 56.9 Å². The number of hydrogen-bond acceptors (Lipinski definition) is 3. The van der Waals surface area contributed by atoms with E-state index in [4.69, 9.17) is 16.6 Å². The van der Waals surface area contributed by atoms with Crippen LogP contribution >= 0.6 is 11.6 Å². The summed E-state index contributed by atoms with van der Waals surface area (Å²) in [5, 5.41) is 4.08. The summed E-state index contributed by atoms with van der Waals surface area (Å²) < 4.78 is 1.74. The average molecular weight is 374 g/mol. The molecule has 3 rings (SSSR count). The van der Waals surface area contributed by atoms with Crippen LogP contribution in [0.25, 0.3) is 11.4 Å². The maximum Gasteiger partial charge on any atom is 0.277 e. The number of halogens is 1. The summed E-state index contributed by atoms with van der Waals surface area (Å²) in [5.41, 5.74) is 4.85. The molecule has 1 heterocycles. The van der Waals surface area contributed by atoms with Gasteiger partial charge in [-0.1, -0.05) is 25.4 Å². The Labute approximate surface area is 160 Å². The summed E-state index contributed by atoms with van der Waals surface area (Å²) in [6, 6.07) is 4.46. The Morgan fingerprint density at radius 3 is 2.46 bits per heavy atom. The van der Waals surface area contributed by atoms with Gasteiger partial charge in [-0.05, 0) is 69.2 Å². The maximum absolute atomic E-state index is 13.1. The minimum Gasteiger partial charge on any atom is -0.376 e. The number of aromatic nitrogens is 2. The van der Waals surface area contributed by atoms with Crippen molar-refractivity contribution in [3.8, 4) is 11.4 Å². The molecule has 1 aliphatic carbocycles. The fourth-order valence-corrected chi connectivity index (χ4v) is 4.06. The molecule has 0 aliphatic heterocycles. The molecular formula is C21H28ClN3O. The topological polar surface area (TPSA) is 46.9 Å². The Kier molecular flexibility index (Phi) is 5.71. The smallest absolute Gasteiger partial charge is 0.277 e. The van der Waals surface area contributed by atoms with Crippen molar-refractivity contribution >= 4 is 17.3 Å². The van der Waals surface area contributed by atoms with Gasteiger partial charge in [0, 0.05) is 18.2 Å². The second kappa shape index (κ2) is 7.83. The highest BCUT2D eigenvalue weighted by molar-refractivity contribution is 6.33. The van der Waals surface area contributed by atoms with E-state index in [1.54, 1.807) is 4.57 Å². The fraction of sp³-hybridized carbons (Fsp3) is 0.524. The van der Waals surface area contributed by atoms with Crippen LogP contribution in [0, 0.1) is 6.92 Å². The van der Waals surface area contributed by atoms with Crippen molar-refractivity contribution in [1.29, 1.82) is 0 Å². The predicted octanol–water partition coefficient (Wildman–Crippen LogP) is 4.98. The van der Waals surface area contributed by atoms with E-state index in [-0.39, 0.29) is 11.6 Å². The molecule has 26 heavy (non-hydrogen) atoms. The van der Waals surface area contributed by atoms with Gasteiger partial charge in [-0.3, -0.25) is 9.36 Å². The summed E-state index contributed by atoms with van der Waals surface area (Å²) in [6.07, 6.45) is 5.27. The molecule has 0 atom stereocenters. The molecule has 5 heteroatoms. The SMILES string of the molecule is CCC(CC)Nc1c(C)nc(-c2cc3c(cc2Cl)CCC3)n(CC)c1=O. The minimum absolute atomic E-state index is 0.0153. The molecule has 1 N–H and O–H groups in total. The lowest BCUT2D eigenvalue weighted by molar-refractivity contribution is 0.659. The lowest BCUT2D eigenvalue weighted by Gasteiger charge is -2.20. The fourth-order valence-electron chi connectivity index (χ4n) is 3.79. The quantitative estimate of drug-likeness (QED) is 0.776. The van der Waals surface area contributed by atoms with Crippen molar-refractivity contribution in [2.75, 3.05) is 5.32 Å². The van der Waals surface area contributed by atoms with E-state index in [1.165, 1.54) is 17.5 Å². The number of hydrogen-bond donors (Lipinski definition) is 1. The summed E-state index contributed by atoms with van der Waals surface area (Å²) >= 11 is 6.57. The van der Waals surface area contributed by atoms with Gasteiger partial charge in [0.1, 0.15) is 11.5 Å². The Hall–Kier alpha value is -1.81. The standard InChI is InChI=1S/C21H28ClN3O/c1-5-16(6-2)24-19-13(4)23-20(25(7-3)21(19)26)17-11-14-9-8-10-15(14)12-18(17)22/h11-12,16,24H,5-10H2,1-4H3. The number of benzene rings is 1. The van der Waals surface area contributed by atoms with E-state index in [2.05, 4.69) is 31.3 Å². The molecule has 0 unspecified atom stereocenters. The molecule has 2 aromatic rings. The Balaban J connectivity index is 2.14. The van der Waals surface area contributed by atoms with E-state index in [0.29, 0.717) is 23.1 Å². The highest BCUT2D eigenvalue weighted by atomic mass is 35.5. The molecule has 0 amide bonds. The molecule has 4 nitrogen and oxygen atoms in total. The molecule has 1 aromatic heterocycles. The molecule has 0 radical (unpaired) electrons. The number of nitrogens with one attached hydrogen (secondary N) is 1. The Morgan fingerprint density at radius 1 is 1.19 bits per heavy atom. The zero-order valence-electron chi connectivity index (χ0n) is 16.2. The monoisotopic (exact) mass is 373 g/mol. The van der Waals surface area contributed by atoms with Gasteiger partial charge in [-0.15, -0.1) is 0 Å². The number of fused-ring (bicyclic) bond motifs is 1. The van der Waals surface area contributed by atoms with Gasteiger partial charge in [-0.25, -0.2) is 4.98 Å². The summed E-state index contributed by atoms with van der Waals surface area (Å²) in [6.45, 7) is 8.69. The van der Waals surface area contributed by atoms with Gasteiger partial charge in [-0.2, -0.15) is 0 Å². The number of aryl methyl sites for hydroxylation is 3. The molecule has 0 bridgehead atoms. The van der Waals surface area contributed by atoms with Gasteiger partial charge in [0.15, 0.2) is 0 Å². The maximum atomic E-state index is 13.1. The van der Waals surface area contributed by atoms with Crippen LogP contribution in [-0.4, -0.2) is 15.6 Å². The normalized spacial score (nSPS) is 13.3. The largest absolute Gasteiger partial charge is 0.376 e. The first kappa shape index (κ1) is 19.0. The van der Waals surface area contributed by atoms with E-state index in [1.807, 2.05) is 13.8 Å². The average Bonchev–Trinajstić information content (AvgIpc) is 3.08. The van der Waals surface area contributed by atoms with Crippen LogP contribution in [0.15, 0.2) is 16.9 Å². The second-order valence-corrected chi connectivity index (χ2v) is 7.46. The third kappa shape index (κ3) is 3.39. The lowest BCUT2D eigenvalue weighted by atomic mass is 10.1. The predicted molar refractivity (Wildman–Crippen MR) is 109 cm³/mol. The molecule has 1 aromatic carbocycles. The van der Waals surface area contributed by atoms with E-state index >= 15 is 0 Å². The van der Waals surface area contributed by atoms with Crippen molar-refractivity contribution in [2.24, 2.45) is 0 Å². The van der Waals surface area contributed by atoms with Crippen molar-refractivity contribution in [1.82, 2.24) is 9.55 Å². The second-order valence-electron chi connectivity index (χ2n) is 7.06. The van der Waals surface area contributed by atoms with E-state index in [9.17, 15) is 4.79 Å². The van der Waals surface area contributed by atoms with Crippen LogP contribution in [0.2, 0.25) is 5.02 Å². The summed E-state index contributed by atoms with van der Waals surface area (Å²) in [7, 11) is 0. The number of nitrogens with zero attached hydrogens (tertiary/aromatic N) is 2. The molecule has 0 spiro atoms. The molecular weight excluding hydrogens is 346 g/mol. The Bertz CT molecular complexity index is 869. The molecule has 1 aliphatic rings. The first-order chi connectivity index (χ1) is 12.5. The lowest BCUT2D eigenvalue weighted by Crippen LogP contribution is -2.30. The van der Waals surface area contributed by atoms with Crippen molar-refractivity contribution in [3.05, 3.63) is 44.3 Å². The molecule has 0 saturated heterocycles. The molecule has 0 fully saturated rings. The zero-order chi connectivity index (χ0) is 18.8. The van der Waals surface area contributed by atoms with Crippen LogP contribution < -0.4 is 10.9 Å². The summed E-state index contributed by atoms with van der Waals surface area (Å²) in [5.74, 6) is 0.671. The first-order valence-corrected chi connectivity index (χ1v) is 10.1. The van der Waals surface area contributed by atoms with Gasteiger partial charge in [0.05, 0.1) is 10.7 Å². The molecule has 0 saturated carbocycles. The van der Waals surface area contributed by atoms with Crippen LogP contribution in [0.3, 0.4) is 0 Å². The minimum atomic E-state index is -0.0153. The Morgan fingerprint density at radius 2 is 1.85 bits per heavy atom. The first-order valence-electron chi connectivity index (χ1n) is 9.69. The van der Waals surface area contributed by atoms with Crippen molar-refractivity contribution in [3.63, 3.8) is 0 Å². The van der Waals surface area contributed by atoms with Crippen molar-refractivity contribution in [2.45, 2.75) is 72.4 Å². The van der Waals surface area contributed by atoms with Gasteiger partial charge < -0.3 is 5.32 Å². The third-order valence-corrected chi connectivity index (χ3v) is 5.74. The highest BCUT2D eigenvalue weighted by Gasteiger charge is 2.21. The number of rotatable bonds is 6. The van der Waals surface area contributed by atoms with Crippen molar-refractivity contribution < 1.29 is 0 Å². The number of anilines is 1. The van der Waals surface area contributed by atoms with Gasteiger partial charge in [0.25, 0.3) is 5.56 Å². The zero-order valence-corrected chi connectivity index (χ0v) is 16.9.